The second-order valence-electron chi connectivity index (χ2n) is 7.31. The molecule has 1 aromatic carbocycles. The minimum Gasteiger partial charge on any atom is -0.377 e. The van der Waals surface area contributed by atoms with Gasteiger partial charge in [-0.1, -0.05) is 24.3 Å². The maximum absolute atomic E-state index is 13.1. The molecule has 0 saturated heterocycles. The van der Waals surface area contributed by atoms with Crippen LogP contribution in [-0.4, -0.2) is 28.0 Å². The molecular formula is C22H22F2N4O2. The van der Waals surface area contributed by atoms with Crippen molar-refractivity contribution in [1.82, 2.24) is 14.8 Å². The second kappa shape index (κ2) is 8.31. The molecule has 6 nitrogen and oxygen atoms in total. The van der Waals surface area contributed by atoms with Crippen LogP contribution in [0.15, 0.2) is 47.4 Å². The van der Waals surface area contributed by atoms with Crippen molar-refractivity contribution >= 4 is 22.3 Å². The Morgan fingerprint density at radius 1 is 1.23 bits per heavy atom. The number of alkyl halides is 2. The standard InChI is InChI=1S/C22H22F2N4O2/c1-13(15-4-3-5-16(10-15)20(23)24)26-21-18-11-17(14-6-8-30-9-7-14)22(29)28(2)19(18)12-25-27-21/h3-6,10-13,20H,7-9H2,1-2H3,(H,26,27)/t13-/m1/s1. The van der Waals surface area contributed by atoms with E-state index in [4.69, 9.17) is 4.74 Å². The average Bonchev–Trinajstić information content (AvgIpc) is 2.77. The first-order valence-corrected chi connectivity index (χ1v) is 9.73. The average molecular weight is 412 g/mol. The maximum atomic E-state index is 13.1. The number of nitrogens with zero attached hydrogens (tertiary/aromatic N) is 3. The Balaban J connectivity index is 1.76. The Kier molecular flexibility index (Phi) is 5.59. The fourth-order valence-corrected chi connectivity index (χ4v) is 3.65. The lowest BCUT2D eigenvalue weighted by Crippen LogP contribution is -2.23. The summed E-state index contributed by atoms with van der Waals surface area (Å²) in [6, 6.07) is 7.83. The van der Waals surface area contributed by atoms with E-state index in [1.54, 1.807) is 29.9 Å². The summed E-state index contributed by atoms with van der Waals surface area (Å²) >= 11 is 0. The van der Waals surface area contributed by atoms with Crippen LogP contribution in [0, 0.1) is 0 Å². The van der Waals surface area contributed by atoms with Crippen LogP contribution in [0.4, 0.5) is 14.6 Å². The topological polar surface area (TPSA) is 69.0 Å². The van der Waals surface area contributed by atoms with Crippen molar-refractivity contribution < 1.29 is 13.5 Å². The number of aryl methyl sites for hydroxylation is 1. The summed E-state index contributed by atoms with van der Waals surface area (Å²) in [4.78, 5) is 12.9. The van der Waals surface area contributed by atoms with Crippen molar-refractivity contribution in [3.05, 3.63) is 69.6 Å². The molecule has 30 heavy (non-hydrogen) atoms. The molecule has 4 rings (SSSR count). The van der Waals surface area contributed by atoms with Crippen LogP contribution in [0.5, 0.6) is 0 Å². The van der Waals surface area contributed by atoms with Gasteiger partial charge in [0.2, 0.25) is 0 Å². The van der Waals surface area contributed by atoms with Crippen molar-refractivity contribution in [3.63, 3.8) is 0 Å². The van der Waals surface area contributed by atoms with Gasteiger partial charge in [-0.3, -0.25) is 4.79 Å². The summed E-state index contributed by atoms with van der Waals surface area (Å²) in [5.74, 6) is 0.493. The SMILES string of the molecule is C[C@@H](Nc1nncc2c1cc(C1=CCOCC1)c(=O)n2C)c1cccc(C(F)F)c1. The molecule has 3 aromatic rings. The van der Waals surface area contributed by atoms with Gasteiger partial charge in [-0.25, -0.2) is 8.78 Å². The van der Waals surface area contributed by atoms with Gasteiger partial charge in [0.1, 0.15) is 0 Å². The largest absolute Gasteiger partial charge is 0.377 e. The highest BCUT2D eigenvalue weighted by molar-refractivity contribution is 5.91. The Bertz CT molecular complexity index is 1170. The Morgan fingerprint density at radius 3 is 2.77 bits per heavy atom. The van der Waals surface area contributed by atoms with E-state index in [-0.39, 0.29) is 17.2 Å². The zero-order valence-corrected chi connectivity index (χ0v) is 16.7. The number of anilines is 1. The van der Waals surface area contributed by atoms with Crippen LogP contribution in [0.25, 0.3) is 16.5 Å². The summed E-state index contributed by atoms with van der Waals surface area (Å²) in [5, 5.41) is 12.2. The lowest BCUT2D eigenvalue weighted by Gasteiger charge is -2.19. The minimum absolute atomic E-state index is 0.0266. The molecule has 0 saturated carbocycles. The molecule has 1 N–H and O–H groups in total. The number of fused-ring (bicyclic) bond motifs is 1. The van der Waals surface area contributed by atoms with E-state index in [1.165, 1.54) is 12.1 Å². The van der Waals surface area contributed by atoms with E-state index < -0.39 is 6.43 Å². The lowest BCUT2D eigenvalue weighted by atomic mass is 10.0. The van der Waals surface area contributed by atoms with Crippen molar-refractivity contribution in [3.8, 4) is 0 Å². The number of ether oxygens (including phenoxy) is 1. The molecule has 0 unspecified atom stereocenters. The summed E-state index contributed by atoms with van der Waals surface area (Å²) in [6.07, 6.45) is 1.61. The molecule has 1 aliphatic heterocycles. The molecule has 0 amide bonds. The Hall–Kier alpha value is -3.13. The number of benzene rings is 1. The number of pyridine rings is 1. The molecule has 0 fully saturated rings. The van der Waals surface area contributed by atoms with Gasteiger partial charge < -0.3 is 14.6 Å². The maximum Gasteiger partial charge on any atom is 0.263 e. The summed E-state index contributed by atoms with van der Waals surface area (Å²) in [5.41, 5.74) is 2.78. The van der Waals surface area contributed by atoms with Crippen LogP contribution in [-0.2, 0) is 11.8 Å². The fraction of sp³-hybridized carbons (Fsp3) is 0.318. The molecular weight excluding hydrogens is 390 g/mol. The molecule has 8 heteroatoms. The molecule has 1 atom stereocenters. The lowest BCUT2D eigenvalue weighted by molar-refractivity contribution is 0.151. The van der Waals surface area contributed by atoms with E-state index in [2.05, 4.69) is 15.5 Å². The van der Waals surface area contributed by atoms with Gasteiger partial charge in [-0.15, -0.1) is 5.10 Å². The minimum atomic E-state index is -2.53. The highest BCUT2D eigenvalue weighted by atomic mass is 19.3. The van der Waals surface area contributed by atoms with Crippen LogP contribution in [0.2, 0.25) is 0 Å². The number of hydrogen-bond acceptors (Lipinski definition) is 5. The zero-order valence-electron chi connectivity index (χ0n) is 16.7. The predicted octanol–water partition coefficient (Wildman–Crippen LogP) is 4.24. The van der Waals surface area contributed by atoms with Gasteiger partial charge >= 0.3 is 0 Å². The highest BCUT2D eigenvalue weighted by Gasteiger charge is 2.18. The van der Waals surface area contributed by atoms with Crippen LogP contribution >= 0.6 is 0 Å². The fourth-order valence-electron chi connectivity index (χ4n) is 3.65. The number of nitrogens with one attached hydrogen (secondary N) is 1. The van der Waals surface area contributed by atoms with Crippen molar-refractivity contribution in [2.24, 2.45) is 7.05 Å². The predicted molar refractivity (Wildman–Crippen MR) is 112 cm³/mol. The first-order valence-electron chi connectivity index (χ1n) is 9.73. The zero-order chi connectivity index (χ0) is 21.3. The Labute approximate surface area is 172 Å². The molecule has 156 valence electrons. The smallest absolute Gasteiger partial charge is 0.263 e. The van der Waals surface area contributed by atoms with E-state index in [0.29, 0.717) is 42.1 Å². The number of hydrogen-bond donors (Lipinski definition) is 1. The number of halogens is 2. The number of rotatable bonds is 5. The molecule has 2 aromatic heterocycles. The van der Waals surface area contributed by atoms with Crippen molar-refractivity contribution in [2.45, 2.75) is 25.8 Å². The van der Waals surface area contributed by atoms with Crippen molar-refractivity contribution in [2.75, 3.05) is 18.5 Å². The van der Waals surface area contributed by atoms with Crippen LogP contribution in [0.3, 0.4) is 0 Å². The first-order chi connectivity index (χ1) is 14.5. The molecule has 0 aliphatic carbocycles. The Morgan fingerprint density at radius 2 is 2.03 bits per heavy atom. The van der Waals surface area contributed by atoms with E-state index >= 15 is 0 Å². The summed E-state index contributed by atoms with van der Waals surface area (Å²) in [7, 11) is 1.70. The van der Waals surface area contributed by atoms with E-state index in [0.717, 1.165) is 11.0 Å². The van der Waals surface area contributed by atoms with Crippen molar-refractivity contribution in [1.29, 1.82) is 0 Å². The number of aromatic nitrogens is 3. The molecule has 3 heterocycles. The van der Waals surface area contributed by atoms with Gasteiger partial charge in [0.25, 0.3) is 12.0 Å². The second-order valence-corrected chi connectivity index (χ2v) is 7.31. The molecule has 0 bridgehead atoms. The normalized spacial score (nSPS) is 15.3. The van der Waals surface area contributed by atoms with Gasteiger partial charge in [-0.2, -0.15) is 5.10 Å². The van der Waals surface area contributed by atoms with E-state index in [9.17, 15) is 13.6 Å². The van der Waals surface area contributed by atoms with Gasteiger partial charge in [0, 0.05) is 23.6 Å². The van der Waals surface area contributed by atoms with Gasteiger partial charge in [-0.05, 0) is 36.6 Å². The quantitative estimate of drug-likeness (QED) is 0.679. The third-order valence-electron chi connectivity index (χ3n) is 5.38. The molecule has 1 aliphatic rings. The monoisotopic (exact) mass is 412 g/mol. The highest BCUT2D eigenvalue weighted by Crippen LogP contribution is 2.28. The van der Waals surface area contributed by atoms with E-state index in [1.807, 2.05) is 19.1 Å². The third-order valence-corrected chi connectivity index (χ3v) is 5.38. The van der Waals surface area contributed by atoms with Crippen LogP contribution < -0.4 is 10.9 Å². The first kappa shape index (κ1) is 20.2. The van der Waals surface area contributed by atoms with Gasteiger partial charge in [0.15, 0.2) is 5.82 Å². The van der Waals surface area contributed by atoms with Crippen LogP contribution in [0.1, 0.15) is 42.5 Å². The molecule has 0 radical (unpaired) electrons. The van der Waals surface area contributed by atoms with Gasteiger partial charge in [0.05, 0.1) is 31.0 Å². The summed E-state index contributed by atoms with van der Waals surface area (Å²) < 4.78 is 33.0. The summed E-state index contributed by atoms with van der Waals surface area (Å²) in [6.45, 7) is 2.92. The third kappa shape index (κ3) is 3.82. The molecule has 0 spiro atoms.